The van der Waals surface area contributed by atoms with Crippen LogP contribution in [0.3, 0.4) is 0 Å². The molecule has 1 aliphatic heterocycles. The molecule has 4 rings (SSSR count). The number of nitrogens with two attached hydrogens (primary N) is 1. The zero-order valence-electron chi connectivity index (χ0n) is 21.6. The molecule has 2 aliphatic rings. The van der Waals surface area contributed by atoms with Crippen LogP contribution in [0.4, 0.5) is 11.6 Å². The number of halogens is 1. The summed E-state index contributed by atoms with van der Waals surface area (Å²) < 4.78 is 10.7. The molecule has 1 saturated heterocycles. The SMILES string of the molecule is COCC(C)NCC1CCC(Nc2cc(-c3cccc(NCC4(N)CCOCC4)n3)c(Cl)cn2)CC1. The van der Waals surface area contributed by atoms with Crippen molar-refractivity contribution in [2.75, 3.05) is 50.7 Å². The summed E-state index contributed by atoms with van der Waals surface area (Å²) in [5.41, 5.74) is 7.94. The van der Waals surface area contributed by atoms with E-state index in [1.807, 2.05) is 24.3 Å². The minimum Gasteiger partial charge on any atom is -0.383 e. The molecular formula is C27H41ClN6O2. The third-order valence-electron chi connectivity index (χ3n) is 7.36. The molecule has 0 radical (unpaired) electrons. The molecule has 5 N–H and O–H groups in total. The first-order valence-corrected chi connectivity index (χ1v) is 13.5. The van der Waals surface area contributed by atoms with Crippen molar-refractivity contribution in [1.29, 1.82) is 0 Å². The number of hydrogen-bond acceptors (Lipinski definition) is 8. The van der Waals surface area contributed by atoms with Gasteiger partial charge in [0.25, 0.3) is 0 Å². The fraction of sp³-hybridized carbons (Fsp3) is 0.630. The third kappa shape index (κ3) is 7.76. The van der Waals surface area contributed by atoms with Gasteiger partial charge in [-0.1, -0.05) is 17.7 Å². The third-order valence-corrected chi connectivity index (χ3v) is 7.66. The zero-order chi connectivity index (χ0) is 25.4. The maximum absolute atomic E-state index is 6.55. The van der Waals surface area contributed by atoms with Crippen molar-refractivity contribution in [2.24, 2.45) is 11.7 Å². The number of pyridine rings is 2. The Kier molecular flexibility index (Phi) is 9.79. The lowest BCUT2D eigenvalue weighted by molar-refractivity contribution is 0.0574. The first-order chi connectivity index (χ1) is 17.4. The van der Waals surface area contributed by atoms with Gasteiger partial charge in [-0.25, -0.2) is 9.97 Å². The number of anilines is 2. The van der Waals surface area contributed by atoms with Gasteiger partial charge in [-0.05, 0) is 76.1 Å². The summed E-state index contributed by atoms with van der Waals surface area (Å²) in [4.78, 5) is 9.36. The van der Waals surface area contributed by atoms with E-state index >= 15 is 0 Å². The normalized spacial score (nSPS) is 22.7. The Morgan fingerprint density at radius 2 is 1.97 bits per heavy atom. The fourth-order valence-electron chi connectivity index (χ4n) is 5.02. The molecule has 0 amide bonds. The van der Waals surface area contributed by atoms with E-state index in [-0.39, 0.29) is 5.54 Å². The average Bonchev–Trinajstić information content (AvgIpc) is 2.89. The Hall–Kier alpha value is -1.97. The molecule has 2 fully saturated rings. The van der Waals surface area contributed by atoms with Crippen LogP contribution in [-0.4, -0.2) is 67.6 Å². The minimum atomic E-state index is -0.265. The van der Waals surface area contributed by atoms with Crippen molar-refractivity contribution in [3.05, 3.63) is 35.5 Å². The zero-order valence-corrected chi connectivity index (χ0v) is 22.3. The molecule has 0 spiro atoms. The van der Waals surface area contributed by atoms with Crippen LogP contribution in [0.1, 0.15) is 45.4 Å². The van der Waals surface area contributed by atoms with E-state index in [2.05, 4.69) is 27.9 Å². The Morgan fingerprint density at radius 1 is 1.19 bits per heavy atom. The molecule has 1 saturated carbocycles. The van der Waals surface area contributed by atoms with Crippen LogP contribution in [0, 0.1) is 5.92 Å². The fourth-order valence-corrected chi connectivity index (χ4v) is 5.22. The van der Waals surface area contributed by atoms with E-state index in [9.17, 15) is 0 Å². The highest BCUT2D eigenvalue weighted by atomic mass is 35.5. The number of nitrogens with one attached hydrogen (secondary N) is 3. The van der Waals surface area contributed by atoms with Gasteiger partial charge in [-0.2, -0.15) is 0 Å². The van der Waals surface area contributed by atoms with Crippen molar-refractivity contribution in [3.63, 3.8) is 0 Å². The molecule has 9 heteroatoms. The average molecular weight is 517 g/mol. The van der Waals surface area contributed by atoms with Gasteiger partial charge in [0.05, 0.1) is 17.3 Å². The van der Waals surface area contributed by atoms with Crippen molar-refractivity contribution in [3.8, 4) is 11.3 Å². The van der Waals surface area contributed by atoms with E-state index in [1.54, 1.807) is 13.3 Å². The van der Waals surface area contributed by atoms with Gasteiger partial charge in [-0.3, -0.25) is 0 Å². The van der Waals surface area contributed by atoms with E-state index < -0.39 is 0 Å². The van der Waals surface area contributed by atoms with Gasteiger partial charge in [0.1, 0.15) is 11.6 Å². The predicted molar refractivity (Wildman–Crippen MR) is 147 cm³/mol. The van der Waals surface area contributed by atoms with Crippen LogP contribution < -0.4 is 21.7 Å². The lowest BCUT2D eigenvalue weighted by Gasteiger charge is -2.33. The number of nitrogens with zero attached hydrogens (tertiary/aromatic N) is 2. The van der Waals surface area contributed by atoms with Crippen LogP contribution in [0.15, 0.2) is 30.5 Å². The van der Waals surface area contributed by atoms with Gasteiger partial charge < -0.3 is 31.2 Å². The quantitative estimate of drug-likeness (QED) is 0.350. The van der Waals surface area contributed by atoms with Crippen molar-refractivity contribution in [1.82, 2.24) is 15.3 Å². The lowest BCUT2D eigenvalue weighted by Crippen LogP contribution is -2.50. The van der Waals surface area contributed by atoms with Crippen LogP contribution in [0.2, 0.25) is 5.02 Å². The van der Waals surface area contributed by atoms with Crippen LogP contribution >= 0.6 is 11.6 Å². The molecule has 3 heterocycles. The molecule has 1 unspecified atom stereocenters. The molecule has 2 aromatic rings. The summed E-state index contributed by atoms with van der Waals surface area (Å²) >= 11 is 6.55. The van der Waals surface area contributed by atoms with Crippen molar-refractivity contribution < 1.29 is 9.47 Å². The van der Waals surface area contributed by atoms with Crippen LogP contribution in [0.25, 0.3) is 11.3 Å². The molecule has 1 atom stereocenters. The summed E-state index contributed by atoms with van der Waals surface area (Å²) in [6, 6.07) is 8.75. The largest absolute Gasteiger partial charge is 0.383 e. The summed E-state index contributed by atoms with van der Waals surface area (Å²) in [7, 11) is 1.75. The first kappa shape index (κ1) is 27.1. The standard InChI is InChI=1S/C27H41ClN6O2/c1-19(17-35-2)30-15-20-6-8-21(9-7-20)33-26-14-22(23(28)16-31-26)24-4-3-5-25(34-24)32-18-27(29)10-12-36-13-11-27/h3-5,14,16,19-21,30H,6-13,15,17-18,29H2,1-2H3,(H,31,33)(H,32,34). The van der Waals surface area contributed by atoms with E-state index in [0.717, 1.165) is 61.7 Å². The molecule has 8 nitrogen and oxygen atoms in total. The van der Waals surface area contributed by atoms with E-state index in [4.69, 9.17) is 31.8 Å². The molecule has 2 aromatic heterocycles. The highest BCUT2D eigenvalue weighted by Crippen LogP contribution is 2.31. The lowest BCUT2D eigenvalue weighted by atomic mass is 9.86. The van der Waals surface area contributed by atoms with Gasteiger partial charge in [0.15, 0.2) is 0 Å². The smallest absolute Gasteiger partial charge is 0.126 e. The maximum atomic E-state index is 6.55. The van der Waals surface area contributed by atoms with Crippen LogP contribution in [0.5, 0.6) is 0 Å². The molecule has 0 bridgehead atoms. The number of ether oxygens (including phenoxy) is 2. The van der Waals surface area contributed by atoms with Crippen molar-refractivity contribution in [2.45, 2.75) is 63.1 Å². The van der Waals surface area contributed by atoms with Gasteiger partial charge in [-0.15, -0.1) is 0 Å². The number of methoxy groups -OCH3 is 1. The second kappa shape index (κ2) is 13.0. The minimum absolute atomic E-state index is 0.265. The topological polar surface area (TPSA) is 106 Å². The summed E-state index contributed by atoms with van der Waals surface area (Å²) in [6.45, 7) is 6.05. The summed E-state index contributed by atoms with van der Waals surface area (Å²) in [5.74, 6) is 2.34. The summed E-state index contributed by atoms with van der Waals surface area (Å²) in [6.07, 6.45) is 8.07. The molecule has 36 heavy (non-hydrogen) atoms. The van der Waals surface area contributed by atoms with E-state index in [1.165, 1.54) is 12.8 Å². The van der Waals surface area contributed by atoms with Crippen LogP contribution in [-0.2, 0) is 9.47 Å². The van der Waals surface area contributed by atoms with Gasteiger partial charge in [0.2, 0.25) is 0 Å². The second-order valence-electron chi connectivity index (χ2n) is 10.4. The molecular weight excluding hydrogens is 476 g/mol. The number of rotatable bonds is 11. The number of aromatic nitrogens is 2. The highest BCUT2D eigenvalue weighted by Gasteiger charge is 2.28. The first-order valence-electron chi connectivity index (χ1n) is 13.2. The molecule has 198 valence electrons. The predicted octanol–water partition coefficient (Wildman–Crippen LogP) is 4.31. The van der Waals surface area contributed by atoms with Gasteiger partial charge >= 0.3 is 0 Å². The highest BCUT2D eigenvalue weighted by molar-refractivity contribution is 6.33. The number of hydrogen-bond donors (Lipinski definition) is 4. The monoisotopic (exact) mass is 516 g/mol. The van der Waals surface area contributed by atoms with Gasteiger partial charge in [0, 0.05) is 56.3 Å². The second-order valence-corrected chi connectivity index (χ2v) is 10.8. The Labute approximate surface area is 220 Å². The Balaban J connectivity index is 1.33. The van der Waals surface area contributed by atoms with E-state index in [0.29, 0.717) is 42.8 Å². The Bertz CT molecular complexity index is 963. The Morgan fingerprint density at radius 3 is 2.72 bits per heavy atom. The maximum Gasteiger partial charge on any atom is 0.126 e. The molecule has 0 aromatic carbocycles. The van der Waals surface area contributed by atoms with Crippen molar-refractivity contribution >= 4 is 23.2 Å². The molecule has 1 aliphatic carbocycles. The summed E-state index contributed by atoms with van der Waals surface area (Å²) in [5, 5.41) is 11.2.